The van der Waals surface area contributed by atoms with E-state index in [4.69, 9.17) is 17.3 Å². The lowest BCUT2D eigenvalue weighted by Crippen LogP contribution is -2.20. The number of rotatable bonds is 6. The molecule has 1 heterocycles. The number of halogens is 1. The summed E-state index contributed by atoms with van der Waals surface area (Å²) >= 11 is 7.13. The van der Waals surface area contributed by atoms with E-state index >= 15 is 0 Å². The molecule has 1 atom stereocenters. The first-order chi connectivity index (χ1) is 13.2. The third-order valence-electron chi connectivity index (χ3n) is 4.78. The Labute approximate surface area is 173 Å². The number of nitrogens with one attached hydrogen (secondary N) is 1. The predicted molar refractivity (Wildman–Crippen MR) is 111 cm³/mol. The quantitative estimate of drug-likeness (QED) is 0.717. The van der Waals surface area contributed by atoms with Crippen molar-refractivity contribution in [1.29, 1.82) is 0 Å². The molecule has 1 aromatic carbocycles. The third-order valence-corrected chi connectivity index (χ3v) is 7.94. The maximum absolute atomic E-state index is 12.4. The summed E-state index contributed by atoms with van der Waals surface area (Å²) in [6.45, 7) is 2.15. The smallest absolute Gasteiger partial charge is 0.251 e. The van der Waals surface area contributed by atoms with Crippen LogP contribution in [0.25, 0.3) is 0 Å². The Bertz CT molecular complexity index is 1010. The van der Waals surface area contributed by atoms with Gasteiger partial charge < -0.3 is 11.1 Å². The Hall–Kier alpha value is -1.90. The van der Waals surface area contributed by atoms with Gasteiger partial charge in [-0.25, -0.2) is 8.42 Å². The van der Waals surface area contributed by atoms with Crippen LogP contribution < -0.4 is 11.1 Å². The van der Waals surface area contributed by atoms with Crippen molar-refractivity contribution in [1.82, 2.24) is 0 Å². The van der Waals surface area contributed by atoms with Crippen molar-refractivity contribution in [3.05, 3.63) is 45.3 Å². The van der Waals surface area contributed by atoms with Gasteiger partial charge in [-0.05, 0) is 55.0 Å². The molecule has 3 rings (SSSR count). The lowest BCUT2D eigenvalue weighted by Gasteiger charge is -2.18. The zero-order valence-corrected chi connectivity index (χ0v) is 17.7. The highest BCUT2D eigenvalue weighted by atomic mass is 35.5. The highest BCUT2D eigenvalue weighted by Gasteiger charge is 2.27. The summed E-state index contributed by atoms with van der Waals surface area (Å²) < 4.78 is 24.8. The molecule has 0 fully saturated rings. The average molecular weight is 441 g/mol. The molecule has 0 unspecified atom stereocenters. The lowest BCUT2D eigenvalue weighted by molar-refractivity contribution is -0.115. The summed E-state index contributed by atoms with van der Waals surface area (Å²) in [5, 5.41) is 3.54. The Morgan fingerprint density at radius 2 is 1.96 bits per heavy atom. The molecule has 0 saturated carbocycles. The molecule has 1 aromatic heterocycles. The Morgan fingerprint density at radius 3 is 2.61 bits per heavy atom. The lowest BCUT2D eigenvalue weighted by atomic mass is 9.88. The molecule has 6 nitrogen and oxygen atoms in total. The van der Waals surface area contributed by atoms with Crippen LogP contribution in [0.3, 0.4) is 0 Å². The van der Waals surface area contributed by atoms with Crippen LogP contribution in [0.5, 0.6) is 0 Å². The summed E-state index contributed by atoms with van der Waals surface area (Å²) in [5.74, 6) is -0.864. The fourth-order valence-corrected chi connectivity index (χ4v) is 6.07. The summed E-state index contributed by atoms with van der Waals surface area (Å²) in [7, 11) is -3.61. The molecular weight excluding hydrogens is 420 g/mol. The standard InChI is InChI=1S/C19H21ClN2O4S2/c1-11-2-7-14-15(10-11)27-19(17(14)18(21)24)22-16(23)8-9-28(25,26)13-5-3-12(20)4-6-13/h3-6,11H,2,7-10H2,1H3,(H2,21,24)(H,22,23)/t11-/m0/s1. The summed E-state index contributed by atoms with van der Waals surface area (Å²) in [6, 6.07) is 5.81. The van der Waals surface area contributed by atoms with Gasteiger partial charge in [-0.1, -0.05) is 18.5 Å². The highest BCUT2D eigenvalue weighted by Crippen LogP contribution is 2.39. The van der Waals surface area contributed by atoms with E-state index in [9.17, 15) is 18.0 Å². The minimum absolute atomic E-state index is 0.114. The van der Waals surface area contributed by atoms with E-state index in [0.717, 1.165) is 29.7 Å². The van der Waals surface area contributed by atoms with Crippen LogP contribution >= 0.6 is 22.9 Å². The molecular formula is C19H21ClN2O4S2. The molecule has 1 aliphatic rings. The first-order valence-electron chi connectivity index (χ1n) is 8.90. The molecule has 28 heavy (non-hydrogen) atoms. The Kier molecular flexibility index (Phi) is 6.12. The van der Waals surface area contributed by atoms with Crippen molar-refractivity contribution in [3.8, 4) is 0 Å². The van der Waals surface area contributed by atoms with E-state index in [1.807, 2.05) is 0 Å². The van der Waals surface area contributed by atoms with Crippen molar-refractivity contribution >= 4 is 49.6 Å². The van der Waals surface area contributed by atoms with E-state index < -0.39 is 21.7 Å². The monoisotopic (exact) mass is 440 g/mol. The second kappa shape index (κ2) is 8.23. The fourth-order valence-electron chi connectivity index (χ4n) is 3.28. The van der Waals surface area contributed by atoms with Gasteiger partial charge in [0.15, 0.2) is 9.84 Å². The molecule has 0 bridgehead atoms. The number of amides is 2. The molecule has 2 amide bonds. The third kappa shape index (κ3) is 4.56. The van der Waals surface area contributed by atoms with E-state index in [-0.39, 0.29) is 17.1 Å². The maximum Gasteiger partial charge on any atom is 0.251 e. The van der Waals surface area contributed by atoms with Crippen molar-refractivity contribution in [2.75, 3.05) is 11.1 Å². The number of benzene rings is 1. The number of primary amides is 1. The molecule has 0 saturated heterocycles. The van der Waals surface area contributed by atoms with Crippen LogP contribution in [-0.2, 0) is 27.5 Å². The first kappa shape index (κ1) is 20.8. The Balaban J connectivity index is 1.71. The van der Waals surface area contributed by atoms with E-state index in [2.05, 4.69) is 12.2 Å². The largest absolute Gasteiger partial charge is 0.365 e. The van der Waals surface area contributed by atoms with Crippen molar-refractivity contribution in [2.45, 2.75) is 37.5 Å². The summed E-state index contributed by atoms with van der Waals surface area (Å²) in [6.07, 6.45) is 2.35. The van der Waals surface area contributed by atoms with Crippen LogP contribution in [0.2, 0.25) is 5.02 Å². The van der Waals surface area contributed by atoms with Gasteiger partial charge in [-0.2, -0.15) is 0 Å². The van der Waals surface area contributed by atoms with Crippen LogP contribution in [0.15, 0.2) is 29.2 Å². The second-order valence-corrected chi connectivity index (χ2v) is 10.6. The minimum atomic E-state index is -3.61. The van der Waals surface area contributed by atoms with E-state index in [1.54, 1.807) is 0 Å². The zero-order valence-electron chi connectivity index (χ0n) is 15.3. The minimum Gasteiger partial charge on any atom is -0.365 e. The topological polar surface area (TPSA) is 106 Å². The van der Waals surface area contributed by atoms with Crippen LogP contribution in [0, 0.1) is 5.92 Å². The number of nitrogens with two attached hydrogens (primary N) is 1. The highest BCUT2D eigenvalue weighted by molar-refractivity contribution is 7.91. The number of hydrogen-bond acceptors (Lipinski definition) is 5. The molecule has 0 radical (unpaired) electrons. The van der Waals surface area contributed by atoms with Crippen molar-refractivity contribution in [2.24, 2.45) is 11.7 Å². The molecule has 3 N–H and O–H groups in total. The second-order valence-electron chi connectivity index (χ2n) is 6.99. The number of anilines is 1. The normalized spacial score (nSPS) is 16.4. The average Bonchev–Trinajstić information content (AvgIpc) is 2.97. The van der Waals surface area contributed by atoms with Gasteiger partial charge in [0.1, 0.15) is 5.00 Å². The molecule has 0 spiro atoms. The molecule has 0 aliphatic heterocycles. The number of thiophene rings is 1. The number of fused-ring (bicyclic) bond motifs is 1. The zero-order chi connectivity index (χ0) is 20.5. The Morgan fingerprint density at radius 1 is 1.29 bits per heavy atom. The molecule has 1 aliphatic carbocycles. The van der Waals surface area contributed by atoms with Crippen LogP contribution in [0.1, 0.15) is 40.6 Å². The molecule has 150 valence electrons. The molecule has 9 heteroatoms. The van der Waals surface area contributed by atoms with Crippen molar-refractivity contribution < 1.29 is 18.0 Å². The number of carbonyl (C=O) groups is 2. The predicted octanol–water partition coefficient (Wildman–Crippen LogP) is 3.43. The number of carbonyl (C=O) groups excluding carboxylic acids is 2. The summed E-state index contributed by atoms with van der Waals surface area (Å²) in [5.41, 5.74) is 6.81. The van der Waals surface area contributed by atoms with Gasteiger partial charge in [-0.3, -0.25) is 9.59 Å². The first-order valence-corrected chi connectivity index (χ1v) is 11.7. The fraction of sp³-hybridized carbons (Fsp3) is 0.368. The van der Waals surface area contributed by atoms with Gasteiger partial charge in [0.25, 0.3) is 5.91 Å². The van der Waals surface area contributed by atoms with Gasteiger partial charge in [0.05, 0.1) is 16.2 Å². The van der Waals surface area contributed by atoms with Crippen molar-refractivity contribution in [3.63, 3.8) is 0 Å². The van der Waals surface area contributed by atoms with E-state index in [0.29, 0.717) is 21.5 Å². The van der Waals surface area contributed by atoms with Gasteiger partial charge in [0.2, 0.25) is 5.91 Å². The van der Waals surface area contributed by atoms with E-state index in [1.165, 1.54) is 35.6 Å². The van der Waals surface area contributed by atoms with Gasteiger partial charge in [0, 0.05) is 16.3 Å². The number of hydrogen-bond donors (Lipinski definition) is 2. The maximum atomic E-state index is 12.4. The van der Waals surface area contributed by atoms with Crippen LogP contribution in [-0.4, -0.2) is 26.0 Å². The van der Waals surface area contributed by atoms with Gasteiger partial charge >= 0.3 is 0 Å². The van der Waals surface area contributed by atoms with Gasteiger partial charge in [-0.15, -0.1) is 11.3 Å². The SMILES string of the molecule is C[C@H]1CCc2c(sc(NC(=O)CCS(=O)(=O)c3ccc(Cl)cc3)c2C(N)=O)C1. The molecule has 2 aromatic rings. The summed E-state index contributed by atoms with van der Waals surface area (Å²) in [4.78, 5) is 25.5. The van der Waals surface area contributed by atoms with Crippen LogP contribution in [0.4, 0.5) is 5.00 Å². The number of sulfone groups is 1.